The quantitative estimate of drug-likeness (QED) is 0.199. The Balaban J connectivity index is 1.32. The van der Waals surface area contributed by atoms with Crippen molar-refractivity contribution < 1.29 is 19.4 Å². The van der Waals surface area contributed by atoms with E-state index in [9.17, 15) is 14.7 Å². The van der Waals surface area contributed by atoms with E-state index in [4.69, 9.17) is 15.6 Å². The number of likely N-dealkylation sites (tertiary alicyclic amines) is 1. The number of benzene rings is 1. The Hall–Kier alpha value is -4.58. The number of amides is 2. The van der Waals surface area contributed by atoms with Gasteiger partial charge in [-0.1, -0.05) is 45.0 Å². The van der Waals surface area contributed by atoms with Crippen LogP contribution in [0.2, 0.25) is 0 Å². The zero-order valence-electron chi connectivity index (χ0n) is 25.8. The predicted molar refractivity (Wildman–Crippen MR) is 165 cm³/mol. The Labute approximate surface area is 256 Å². The smallest absolute Gasteiger partial charge is 0.374 e. The van der Waals surface area contributed by atoms with Crippen molar-refractivity contribution >= 4 is 23.7 Å². The molecule has 1 saturated heterocycles. The van der Waals surface area contributed by atoms with Crippen molar-refractivity contribution in [2.24, 2.45) is 0 Å². The van der Waals surface area contributed by atoms with Gasteiger partial charge in [0.15, 0.2) is 0 Å². The van der Waals surface area contributed by atoms with Gasteiger partial charge in [0.2, 0.25) is 5.82 Å². The van der Waals surface area contributed by atoms with Crippen LogP contribution in [0.5, 0.6) is 5.75 Å². The van der Waals surface area contributed by atoms with E-state index in [1.165, 1.54) is 0 Å². The molecule has 0 unspecified atom stereocenters. The van der Waals surface area contributed by atoms with Gasteiger partial charge in [0.05, 0.1) is 23.5 Å². The minimum Gasteiger partial charge on any atom is -0.484 e. The van der Waals surface area contributed by atoms with Crippen molar-refractivity contribution in [1.29, 1.82) is 10.8 Å². The van der Waals surface area contributed by atoms with E-state index in [0.717, 1.165) is 30.5 Å². The number of fused-ring (bicyclic) bond motifs is 1. The molecule has 1 fully saturated rings. The van der Waals surface area contributed by atoms with Crippen LogP contribution in [-0.2, 0) is 5.41 Å². The maximum absolute atomic E-state index is 13.1. The van der Waals surface area contributed by atoms with Crippen molar-refractivity contribution in [3.05, 3.63) is 76.8 Å². The fraction of sp³-hybridized carbons (Fsp3) is 0.438. The van der Waals surface area contributed by atoms with Gasteiger partial charge in [-0.05, 0) is 69.5 Å². The number of hydrogen-bond donors (Lipinski definition) is 5. The number of nitrogens with one attached hydrogen (secondary N) is 4. The van der Waals surface area contributed by atoms with Crippen molar-refractivity contribution in [1.82, 2.24) is 24.8 Å². The van der Waals surface area contributed by atoms with E-state index in [0.29, 0.717) is 30.1 Å². The Bertz CT molecular complexity index is 1660. The lowest BCUT2D eigenvalue weighted by atomic mass is 9.85. The number of ether oxygens (including phenoxy) is 1. The minimum absolute atomic E-state index is 0.111. The second-order valence-electron chi connectivity index (χ2n) is 12.7. The standard InChI is InChI=1S/C32H40N8O4/c1-31(2,3)24-17-26(37-27(36-24)28(41)42)38-30(43)35-22-12-13-23(21-10-7-6-9-20(21)22)44-19-11-14-25(33)40(18-19)29(34)32(4)15-8-16-39(32)5/h6-7,9-11,14,17-18,22-23,33-34H,8,12-13,15-16H2,1-5H3,(H,41,42)(H2,35,36,37,38,43)/t22-,23+,32-/m0/s1. The summed E-state index contributed by atoms with van der Waals surface area (Å²) < 4.78 is 8.06. The number of carboxylic acid groups (broad SMARTS) is 1. The molecule has 1 aliphatic carbocycles. The third-order valence-corrected chi connectivity index (χ3v) is 8.62. The Morgan fingerprint density at radius 1 is 1.11 bits per heavy atom. The number of urea groups is 1. The molecule has 5 rings (SSSR count). The summed E-state index contributed by atoms with van der Waals surface area (Å²) in [5.41, 5.74) is 1.68. The highest BCUT2D eigenvalue weighted by Gasteiger charge is 2.39. The Morgan fingerprint density at radius 2 is 1.84 bits per heavy atom. The zero-order chi connectivity index (χ0) is 31.8. The summed E-state index contributed by atoms with van der Waals surface area (Å²) in [6.07, 6.45) is 4.52. The van der Waals surface area contributed by atoms with Gasteiger partial charge in [-0.3, -0.25) is 25.6 Å². The monoisotopic (exact) mass is 600 g/mol. The first-order chi connectivity index (χ1) is 20.8. The number of hydrogen-bond acceptors (Lipinski definition) is 8. The van der Waals surface area contributed by atoms with Crippen LogP contribution < -0.4 is 20.9 Å². The van der Waals surface area contributed by atoms with E-state index in [-0.39, 0.29) is 29.3 Å². The average molecular weight is 601 g/mol. The number of carbonyl (C=O) groups excluding carboxylic acids is 1. The molecule has 232 valence electrons. The third kappa shape index (κ3) is 6.21. The number of anilines is 1. The first-order valence-electron chi connectivity index (χ1n) is 14.8. The summed E-state index contributed by atoms with van der Waals surface area (Å²) in [7, 11) is 2.01. The molecule has 12 heteroatoms. The number of pyridine rings is 1. The number of carboxylic acids is 1. The van der Waals surface area contributed by atoms with Crippen molar-refractivity contribution in [3.8, 4) is 5.75 Å². The van der Waals surface area contributed by atoms with Crippen LogP contribution in [0.25, 0.3) is 0 Å². The van der Waals surface area contributed by atoms with E-state index in [2.05, 4.69) is 25.5 Å². The normalized spacial score (nSPS) is 21.8. The molecule has 2 amide bonds. The molecule has 0 radical (unpaired) electrons. The first kappa shape index (κ1) is 30.9. The van der Waals surface area contributed by atoms with Crippen LogP contribution in [0.1, 0.15) is 93.0 Å². The molecular formula is C32H40N8O4. The summed E-state index contributed by atoms with van der Waals surface area (Å²) in [6.45, 7) is 8.67. The first-order valence-corrected chi connectivity index (χ1v) is 14.8. The largest absolute Gasteiger partial charge is 0.484 e. The highest BCUT2D eigenvalue weighted by atomic mass is 16.5. The van der Waals surface area contributed by atoms with E-state index in [1.54, 1.807) is 29.0 Å². The highest BCUT2D eigenvalue weighted by Crippen LogP contribution is 2.39. The van der Waals surface area contributed by atoms with Crippen LogP contribution in [0, 0.1) is 10.8 Å². The molecule has 3 aromatic rings. The van der Waals surface area contributed by atoms with Gasteiger partial charge in [0.25, 0.3) is 0 Å². The van der Waals surface area contributed by atoms with E-state index < -0.39 is 23.0 Å². The average Bonchev–Trinajstić information content (AvgIpc) is 3.32. The molecule has 12 nitrogen and oxygen atoms in total. The SMILES string of the molecule is CN1CCC[C@@]1(C)C(=N)n1cc(O[C@@H]2CC[C@H](NC(=O)Nc3cc(C(C)(C)C)nc(C(=O)O)n3)c3ccccc32)ccc1=N. The highest BCUT2D eigenvalue weighted by molar-refractivity contribution is 5.91. The summed E-state index contributed by atoms with van der Waals surface area (Å²) in [5.74, 6) is -0.631. The molecule has 0 saturated carbocycles. The minimum atomic E-state index is -1.27. The molecule has 2 aliphatic rings. The molecule has 3 heterocycles. The van der Waals surface area contributed by atoms with Crippen molar-refractivity contribution in [2.45, 2.75) is 76.5 Å². The van der Waals surface area contributed by atoms with Crippen LogP contribution in [0.3, 0.4) is 0 Å². The fourth-order valence-electron chi connectivity index (χ4n) is 5.88. The van der Waals surface area contributed by atoms with Gasteiger partial charge < -0.3 is 15.2 Å². The van der Waals surface area contributed by atoms with Gasteiger partial charge in [-0.25, -0.2) is 19.6 Å². The Kier molecular flexibility index (Phi) is 8.30. The maximum atomic E-state index is 13.1. The van der Waals surface area contributed by atoms with Crippen molar-refractivity contribution in [3.63, 3.8) is 0 Å². The van der Waals surface area contributed by atoms with Gasteiger partial charge in [-0.15, -0.1) is 0 Å². The van der Waals surface area contributed by atoms with E-state index >= 15 is 0 Å². The lowest BCUT2D eigenvalue weighted by molar-refractivity contribution is 0.0683. The fourth-order valence-corrected chi connectivity index (χ4v) is 5.88. The molecule has 1 aromatic carbocycles. The van der Waals surface area contributed by atoms with Gasteiger partial charge in [0.1, 0.15) is 29.0 Å². The summed E-state index contributed by atoms with van der Waals surface area (Å²) in [4.78, 5) is 35.0. The summed E-state index contributed by atoms with van der Waals surface area (Å²) in [5, 5.41) is 32.6. The van der Waals surface area contributed by atoms with Crippen LogP contribution >= 0.6 is 0 Å². The number of carbonyl (C=O) groups is 2. The molecule has 0 spiro atoms. The summed E-state index contributed by atoms with van der Waals surface area (Å²) in [6, 6.07) is 12.0. The number of nitrogens with zero attached hydrogens (tertiary/aromatic N) is 4. The molecular weight excluding hydrogens is 560 g/mol. The number of aromatic carboxylic acids is 1. The number of rotatable bonds is 6. The van der Waals surface area contributed by atoms with Gasteiger partial charge >= 0.3 is 12.0 Å². The topological polar surface area (TPSA) is 169 Å². The van der Waals surface area contributed by atoms with Crippen LogP contribution in [0.15, 0.2) is 48.7 Å². The predicted octanol–water partition coefficient (Wildman–Crippen LogP) is 4.84. The van der Waals surface area contributed by atoms with Crippen molar-refractivity contribution in [2.75, 3.05) is 18.9 Å². The van der Waals surface area contributed by atoms with Gasteiger partial charge in [-0.2, -0.15) is 0 Å². The third-order valence-electron chi connectivity index (χ3n) is 8.62. The molecule has 5 N–H and O–H groups in total. The van der Waals surface area contributed by atoms with Crippen LogP contribution in [0.4, 0.5) is 10.6 Å². The maximum Gasteiger partial charge on any atom is 0.374 e. The van der Waals surface area contributed by atoms with Crippen LogP contribution in [-0.4, -0.2) is 61.5 Å². The lowest BCUT2D eigenvalue weighted by Crippen LogP contribution is -2.50. The summed E-state index contributed by atoms with van der Waals surface area (Å²) >= 11 is 0. The molecule has 44 heavy (non-hydrogen) atoms. The van der Waals surface area contributed by atoms with E-state index in [1.807, 2.05) is 59.0 Å². The molecule has 0 bridgehead atoms. The lowest BCUT2D eigenvalue weighted by Gasteiger charge is -2.34. The molecule has 1 aliphatic heterocycles. The second kappa shape index (κ2) is 11.8. The number of likely N-dealkylation sites (N-methyl/N-ethyl adjacent to an activating group) is 1. The molecule has 2 aromatic heterocycles. The Morgan fingerprint density at radius 3 is 2.50 bits per heavy atom. The molecule has 3 atom stereocenters. The second-order valence-corrected chi connectivity index (χ2v) is 12.7. The number of aromatic nitrogens is 3. The zero-order valence-corrected chi connectivity index (χ0v) is 25.8. The van der Waals surface area contributed by atoms with Gasteiger partial charge in [0, 0.05) is 11.5 Å².